The van der Waals surface area contributed by atoms with Crippen LogP contribution in [0.4, 0.5) is 11.4 Å². The number of nitrogens with one attached hydrogen (secondary N) is 1. The second-order valence-electron chi connectivity index (χ2n) is 5.16. The number of sulfonamides is 1. The highest BCUT2D eigenvalue weighted by Crippen LogP contribution is 2.26. The molecule has 1 N–H and O–H groups in total. The molecule has 0 unspecified atom stereocenters. The monoisotopic (exact) mass is 417 g/mol. The molecule has 0 atom stereocenters. The maximum atomic E-state index is 12.5. The van der Waals surface area contributed by atoms with E-state index in [4.69, 9.17) is 23.2 Å². The van der Waals surface area contributed by atoms with Gasteiger partial charge in [-0.1, -0.05) is 35.3 Å². The first-order valence-corrected chi connectivity index (χ1v) is 9.27. The van der Waals surface area contributed by atoms with Gasteiger partial charge >= 0.3 is 0 Å². The molecule has 11 heteroatoms. The SMILES string of the molecule is CN(CC(=O)Nc1ccc(Cl)c(Cl)c1)S(=O)(=O)c1ccccc1[N+](=O)[O-]. The fraction of sp³-hybridized carbons (Fsp3) is 0.133. The van der Waals surface area contributed by atoms with Crippen LogP contribution in [0, 0.1) is 10.1 Å². The summed E-state index contributed by atoms with van der Waals surface area (Å²) in [4.78, 5) is 21.8. The molecule has 1 amide bonds. The molecular weight excluding hydrogens is 405 g/mol. The molecule has 26 heavy (non-hydrogen) atoms. The average molecular weight is 418 g/mol. The van der Waals surface area contributed by atoms with Gasteiger partial charge in [-0.2, -0.15) is 4.31 Å². The fourth-order valence-electron chi connectivity index (χ4n) is 2.06. The number of nitro benzene ring substituents is 1. The van der Waals surface area contributed by atoms with Crippen molar-refractivity contribution in [2.45, 2.75) is 4.90 Å². The third-order valence-corrected chi connectivity index (χ3v) is 5.91. The standard InChI is InChI=1S/C15H13Cl2N3O5S/c1-19(9-15(21)18-10-6-7-11(16)12(17)8-10)26(24,25)14-5-3-2-4-13(14)20(22)23/h2-8H,9H2,1H3,(H,18,21). The second-order valence-corrected chi connectivity index (χ2v) is 7.99. The van der Waals surface area contributed by atoms with Gasteiger partial charge < -0.3 is 5.32 Å². The van der Waals surface area contributed by atoms with Gasteiger partial charge in [0.05, 0.1) is 21.5 Å². The molecule has 2 aromatic carbocycles. The van der Waals surface area contributed by atoms with Crippen LogP contribution in [0.15, 0.2) is 47.4 Å². The van der Waals surface area contributed by atoms with Crippen molar-refractivity contribution < 1.29 is 18.1 Å². The lowest BCUT2D eigenvalue weighted by Crippen LogP contribution is -2.35. The molecule has 0 aromatic heterocycles. The molecule has 0 aliphatic rings. The molecular formula is C15H13Cl2N3O5S. The summed E-state index contributed by atoms with van der Waals surface area (Å²) in [6.07, 6.45) is 0. The van der Waals surface area contributed by atoms with Gasteiger partial charge in [-0.15, -0.1) is 0 Å². The lowest BCUT2D eigenvalue weighted by Gasteiger charge is -2.17. The van der Waals surface area contributed by atoms with Crippen molar-refractivity contribution in [2.75, 3.05) is 18.9 Å². The van der Waals surface area contributed by atoms with E-state index in [1.165, 1.54) is 30.3 Å². The number of para-hydroxylation sites is 1. The number of nitro groups is 1. The van der Waals surface area contributed by atoms with Crippen molar-refractivity contribution in [2.24, 2.45) is 0 Å². The van der Waals surface area contributed by atoms with E-state index in [1.807, 2.05) is 0 Å². The molecule has 0 spiro atoms. The Morgan fingerprint density at radius 3 is 2.46 bits per heavy atom. The summed E-state index contributed by atoms with van der Waals surface area (Å²) >= 11 is 11.6. The minimum Gasteiger partial charge on any atom is -0.325 e. The maximum Gasteiger partial charge on any atom is 0.289 e. The predicted octanol–water partition coefficient (Wildman–Crippen LogP) is 3.16. The quantitative estimate of drug-likeness (QED) is 0.573. The molecule has 2 aromatic rings. The summed E-state index contributed by atoms with van der Waals surface area (Å²) < 4.78 is 25.8. The Hall–Kier alpha value is -2.20. The van der Waals surface area contributed by atoms with Crippen molar-refractivity contribution >= 4 is 50.5 Å². The number of hydrogen-bond donors (Lipinski definition) is 1. The van der Waals surface area contributed by atoms with E-state index in [-0.39, 0.29) is 5.02 Å². The number of benzene rings is 2. The molecule has 0 radical (unpaired) electrons. The fourth-order valence-corrected chi connectivity index (χ4v) is 3.63. The number of anilines is 1. The van der Waals surface area contributed by atoms with E-state index >= 15 is 0 Å². The average Bonchev–Trinajstić information content (AvgIpc) is 2.58. The maximum absolute atomic E-state index is 12.5. The van der Waals surface area contributed by atoms with Crippen LogP contribution in [0.3, 0.4) is 0 Å². The Balaban J connectivity index is 2.17. The third kappa shape index (κ3) is 4.50. The van der Waals surface area contributed by atoms with Crippen molar-refractivity contribution in [3.63, 3.8) is 0 Å². The molecule has 2 rings (SSSR count). The molecule has 0 fully saturated rings. The van der Waals surface area contributed by atoms with Gasteiger partial charge in [-0.05, 0) is 24.3 Å². The topological polar surface area (TPSA) is 110 Å². The van der Waals surface area contributed by atoms with Crippen LogP contribution in [0.25, 0.3) is 0 Å². The van der Waals surface area contributed by atoms with Crippen molar-refractivity contribution in [1.29, 1.82) is 0 Å². The summed E-state index contributed by atoms with van der Waals surface area (Å²) in [7, 11) is -3.08. The molecule has 0 saturated heterocycles. The number of carbonyl (C=O) groups excluding carboxylic acids is 1. The second kappa shape index (κ2) is 8.00. The van der Waals surface area contributed by atoms with Gasteiger partial charge in [-0.3, -0.25) is 14.9 Å². The van der Waals surface area contributed by atoms with Gasteiger partial charge in [0.2, 0.25) is 15.9 Å². The van der Waals surface area contributed by atoms with E-state index < -0.39 is 38.0 Å². The molecule has 8 nitrogen and oxygen atoms in total. The van der Waals surface area contributed by atoms with Gasteiger partial charge in [0.1, 0.15) is 0 Å². The Morgan fingerprint density at radius 2 is 1.85 bits per heavy atom. The smallest absolute Gasteiger partial charge is 0.289 e. The Bertz CT molecular complexity index is 966. The first kappa shape index (κ1) is 20.1. The number of halogens is 2. The normalized spacial score (nSPS) is 11.4. The Kier molecular flexibility index (Phi) is 6.19. The summed E-state index contributed by atoms with van der Waals surface area (Å²) in [5, 5.41) is 14.0. The van der Waals surface area contributed by atoms with E-state index in [0.29, 0.717) is 10.7 Å². The zero-order valence-corrected chi connectivity index (χ0v) is 15.7. The summed E-state index contributed by atoms with van der Waals surface area (Å²) in [6.45, 7) is -0.547. The van der Waals surface area contributed by atoms with Crippen LogP contribution in [0.1, 0.15) is 0 Å². The molecule has 0 aliphatic carbocycles. The minimum atomic E-state index is -4.23. The number of hydrogen-bond acceptors (Lipinski definition) is 5. The van der Waals surface area contributed by atoms with Crippen LogP contribution in [-0.2, 0) is 14.8 Å². The van der Waals surface area contributed by atoms with Gasteiger partial charge in [0, 0.05) is 18.8 Å². The van der Waals surface area contributed by atoms with Crippen LogP contribution >= 0.6 is 23.2 Å². The number of carbonyl (C=O) groups is 1. The van der Waals surface area contributed by atoms with Crippen molar-refractivity contribution in [1.82, 2.24) is 4.31 Å². The minimum absolute atomic E-state index is 0.227. The summed E-state index contributed by atoms with van der Waals surface area (Å²) in [6, 6.07) is 9.31. The van der Waals surface area contributed by atoms with Gasteiger partial charge in [-0.25, -0.2) is 8.42 Å². The first-order valence-electron chi connectivity index (χ1n) is 7.07. The predicted molar refractivity (Wildman–Crippen MR) is 98.0 cm³/mol. The number of nitrogens with zero attached hydrogens (tertiary/aromatic N) is 2. The summed E-state index contributed by atoms with van der Waals surface area (Å²) in [5.41, 5.74) is -0.231. The number of amides is 1. The van der Waals surface area contributed by atoms with Gasteiger partial charge in [0.15, 0.2) is 4.90 Å². The zero-order valence-electron chi connectivity index (χ0n) is 13.3. The molecule has 0 aliphatic heterocycles. The highest BCUT2D eigenvalue weighted by atomic mass is 35.5. The van der Waals surface area contributed by atoms with E-state index in [2.05, 4.69) is 5.32 Å². The Labute approximate surface area is 159 Å². The van der Waals surface area contributed by atoms with Crippen LogP contribution in [-0.4, -0.2) is 37.1 Å². The third-order valence-electron chi connectivity index (χ3n) is 3.32. The Morgan fingerprint density at radius 1 is 1.19 bits per heavy atom. The van der Waals surface area contributed by atoms with Crippen LogP contribution in [0.5, 0.6) is 0 Å². The zero-order chi connectivity index (χ0) is 19.5. The highest BCUT2D eigenvalue weighted by molar-refractivity contribution is 7.89. The molecule has 138 valence electrons. The van der Waals surface area contributed by atoms with E-state index in [1.54, 1.807) is 0 Å². The van der Waals surface area contributed by atoms with Crippen molar-refractivity contribution in [3.8, 4) is 0 Å². The molecule has 0 saturated carbocycles. The molecule has 0 bridgehead atoms. The van der Waals surface area contributed by atoms with Gasteiger partial charge in [0.25, 0.3) is 5.69 Å². The molecule has 0 heterocycles. The lowest BCUT2D eigenvalue weighted by molar-refractivity contribution is -0.387. The van der Waals surface area contributed by atoms with E-state index in [0.717, 1.165) is 23.5 Å². The largest absolute Gasteiger partial charge is 0.325 e. The lowest BCUT2D eigenvalue weighted by atomic mass is 10.3. The van der Waals surface area contributed by atoms with E-state index in [9.17, 15) is 23.3 Å². The first-order chi connectivity index (χ1) is 12.1. The van der Waals surface area contributed by atoms with Crippen LogP contribution < -0.4 is 5.32 Å². The van der Waals surface area contributed by atoms with Crippen molar-refractivity contribution in [3.05, 3.63) is 62.6 Å². The summed E-state index contributed by atoms with van der Waals surface area (Å²) in [5.74, 6) is -0.645. The number of likely N-dealkylation sites (N-methyl/N-ethyl adjacent to an activating group) is 1. The number of rotatable bonds is 6. The van der Waals surface area contributed by atoms with Crippen LogP contribution in [0.2, 0.25) is 10.0 Å². The highest BCUT2D eigenvalue weighted by Gasteiger charge is 2.30.